The molecule has 2 aromatic rings. The molecule has 9 nitrogen and oxygen atoms in total. The molecule has 0 aliphatic heterocycles. The summed E-state index contributed by atoms with van der Waals surface area (Å²) < 4.78 is 7.70. The van der Waals surface area contributed by atoms with Gasteiger partial charge in [0, 0.05) is 21.0 Å². The molecule has 0 radical (unpaired) electrons. The van der Waals surface area contributed by atoms with Gasteiger partial charge < -0.3 is 4.74 Å². The Hall–Kier alpha value is -2.58. The Kier molecular flexibility index (Phi) is 2.89. The van der Waals surface area contributed by atoms with Crippen molar-refractivity contribution in [2.45, 2.75) is 13.7 Å². The number of esters is 1. The van der Waals surface area contributed by atoms with Gasteiger partial charge in [-0.05, 0) is 0 Å². The van der Waals surface area contributed by atoms with Crippen LogP contribution in [0, 0.1) is 0 Å². The molecule has 0 fully saturated rings. The number of hydrogen-bond acceptors (Lipinski definition) is 5. The van der Waals surface area contributed by atoms with Crippen molar-refractivity contribution in [1.82, 2.24) is 18.7 Å². The van der Waals surface area contributed by atoms with Crippen molar-refractivity contribution < 1.29 is 9.53 Å². The van der Waals surface area contributed by atoms with Crippen LogP contribution in [0.4, 0.5) is 0 Å². The summed E-state index contributed by atoms with van der Waals surface area (Å²) >= 11 is 0. The fourth-order valence-corrected chi connectivity index (χ4v) is 1.74. The van der Waals surface area contributed by atoms with E-state index in [1.54, 1.807) is 0 Å². The van der Waals surface area contributed by atoms with E-state index >= 15 is 0 Å². The summed E-state index contributed by atoms with van der Waals surface area (Å²) in [7, 11) is 2.69. The second-order valence-corrected chi connectivity index (χ2v) is 4.03. The number of aromatic amines is 1. The maximum Gasteiger partial charge on any atom is 0.335 e. The topological polar surface area (TPSA) is 108 Å². The number of nitrogens with zero attached hydrogens (tertiary/aromatic N) is 3. The maximum absolute atomic E-state index is 11.9. The predicted octanol–water partition coefficient (Wildman–Crippen LogP) is -1.75. The van der Waals surface area contributed by atoms with E-state index in [1.165, 1.54) is 21.0 Å². The van der Waals surface area contributed by atoms with Crippen molar-refractivity contribution in [3.05, 3.63) is 31.3 Å². The van der Waals surface area contributed by atoms with Crippen LogP contribution in [-0.2, 0) is 30.4 Å². The quantitative estimate of drug-likeness (QED) is 0.650. The molecule has 102 valence electrons. The highest BCUT2D eigenvalue weighted by Crippen LogP contribution is 2.01. The SMILES string of the molecule is CC(=O)OCn1c(=O)n(C)c(=O)c2c1[nH]c(=O)n2C. The highest BCUT2D eigenvalue weighted by Gasteiger charge is 2.16. The molecule has 19 heavy (non-hydrogen) atoms. The summed E-state index contributed by atoms with van der Waals surface area (Å²) in [5, 5.41) is 0. The van der Waals surface area contributed by atoms with E-state index in [9.17, 15) is 19.2 Å². The van der Waals surface area contributed by atoms with Crippen LogP contribution in [0.2, 0.25) is 0 Å². The van der Waals surface area contributed by atoms with Crippen LogP contribution in [0.15, 0.2) is 14.4 Å². The number of carbonyl (C=O) groups is 1. The van der Waals surface area contributed by atoms with E-state index in [0.717, 1.165) is 13.7 Å². The molecule has 0 aliphatic carbocycles. The van der Waals surface area contributed by atoms with Crippen LogP contribution in [0.1, 0.15) is 6.92 Å². The molecule has 2 heterocycles. The molecule has 0 aliphatic rings. The largest absolute Gasteiger partial charge is 0.444 e. The number of rotatable bonds is 2. The van der Waals surface area contributed by atoms with Crippen molar-refractivity contribution in [3.63, 3.8) is 0 Å². The third-order valence-corrected chi connectivity index (χ3v) is 2.78. The van der Waals surface area contributed by atoms with Crippen molar-refractivity contribution >= 4 is 17.1 Å². The molecular weight excluding hydrogens is 256 g/mol. The smallest absolute Gasteiger partial charge is 0.335 e. The lowest BCUT2D eigenvalue weighted by Gasteiger charge is -2.08. The van der Waals surface area contributed by atoms with Crippen molar-refractivity contribution in [2.75, 3.05) is 0 Å². The van der Waals surface area contributed by atoms with Crippen LogP contribution in [0.3, 0.4) is 0 Å². The molecule has 0 unspecified atom stereocenters. The second kappa shape index (κ2) is 4.26. The molecule has 0 saturated carbocycles. The van der Waals surface area contributed by atoms with E-state index in [-0.39, 0.29) is 17.9 Å². The van der Waals surface area contributed by atoms with E-state index in [0.29, 0.717) is 0 Å². The van der Waals surface area contributed by atoms with Gasteiger partial charge in [0.15, 0.2) is 17.9 Å². The first-order chi connectivity index (χ1) is 8.84. The third-order valence-electron chi connectivity index (χ3n) is 2.78. The zero-order chi connectivity index (χ0) is 14.3. The highest BCUT2D eigenvalue weighted by molar-refractivity contribution is 5.70. The summed E-state index contributed by atoms with van der Waals surface area (Å²) in [5.41, 5.74) is -1.74. The number of hydrogen-bond donors (Lipinski definition) is 1. The number of H-pyrrole nitrogens is 1. The minimum atomic E-state index is -0.680. The number of fused-ring (bicyclic) bond motifs is 1. The second-order valence-electron chi connectivity index (χ2n) is 4.03. The van der Waals surface area contributed by atoms with Gasteiger partial charge in [0.2, 0.25) is 0 Å². The Balaban J connectivity index is 2.86. The van der Waals surface area contributed by atoms with E-state index < -0.39 is 22.9 Å². The van der Waals surface area contributed by atoms with Gasteiger partial charge in [0.05, 0.1) is 0 Å². The fourth-order valence-electron chi connectivity index (χ4n) is 1.74. The lowest BCUT2D eigenvalue weighted by molar-refractivity contribution is -0.144. The molecule has 1 N–H and O–H groups in total. The van der Waals surface area contributed by atoms with Gasteiger partial charge in [-0.25, -0.2) is 14.2 Å². The van der Waals surface area contributed by atoms with Crippen LogP contribution in [0.5, 0.6) is 0 Å². The van der Waals surface area contributed by atoms with E-state index in [1.807, 2.05) is 0 Å². The van der Waals surface area contributed by atoms with E-state index in [4.69, 9.17) is 4.74 Å². The van der Waals surface area contributed by atoms with Crippen LogP contribution in [-0.4, -0.2) is 24.7 Å². The monoisotopic (exact) mass is 268 g/mol. The van der Waals surface area contributed by atoms with Gasteiger partial charge in [-0.3, -0.25) is 23.7 Å². The highest BCUT2D eigenvalue weighted by atomic mass is 16.5. The Bertz CT molecular complexity index is 834. The van der Waals surface area contributed by atoms with Gasteiger partial charge in [-0.2, -0.15) is 0 Å². The maximum atomic E-state index is 11.9. The number of ether oxygens (including phenoxy) is 1. The van der Waals surface area contributed by atoms with Gasteiger partial charge in [-0.1, -0.05) is 0 Å². The van der Waals surface area contributed by atoms with Crippen LogP contribution < -0.4 is 16.9 Å². The summed E-state index contributed by atoms with van der Waals surface area (Å²) in [6.45, 7) is 0.816. The first-order valence-corrected chi connectivity index (χ1v) is 5.36. The molecule has 0 bridgehead atoms. The molecule has 9 heteroatoms. The minimum Gasteiger partial charge on any atom is -0.444 e. The molecule has 2 rings (SSSR count). The molecular formula is C10H12N4O5. The average molecular weight is 268 g/mol. The number of imidazole rings is 1. The molecule has 0 aromatic carbocycles. The zero-order valence-electron chi connectivity index (χ0n) is 10.6. The Morgan fingerprint density at radius 3 is 2.42 bits per heavy atom. The number of carbonyl (C=O) groups excluding carboxylic acids is 1. The summed E-state index contributed by atoms with van der Waals surface area (Å²) in [5.74, 6) is -0.577. The van der Waals surface area contributed by atoms with Gasteiger partial charge in [0.25, 0.3) is 5.56 Å². The third kappa shape index (κ3) is 1.88. The molecule has 0 amide bonds. The minimum absolute atomic E-state index is 0.0295. The normalized spacial score (nSPS) is 10.9. The zero-order valence-corrected chi connectivity index (χ0v) is 10.6. The Morgan fingerprint density at radius 2 is 1.84 bits per heavy atom. The summed E-state index contributed by atoms with van der Waals surface area (Å²) in [6.07, 6.45) is 0. The first-order valence-electron chi connectivity index (χ1n) is 5.36. The van der Waals surface area contributed by atoms with Crippen LogP contribution >= 0.6 is 0 Å². The first kappa shape index (κ1) is 12.9. The number of nitrogens with one attached hydrogen (secondary N) is 1. The number of aromatic nitrogens is 4. The van der Waals surface area contributed by atoms with Gasteiger partial charge in [-0.15, -0.1) is 0 Å². The predicted molar refractivity (Wildman–Crippen MR) is 64.8 cm³/mol. The molecule has 2 aromatic heterocycles. The molecule has 0 saturated heterocycles. The number of aryl methyl sites for hydroxylation is 1. The Labute approximate surface area is 105 Å². The summed E-state index contributed by atoms with van der Waals surface area (Å²) in [6, 6.07) is 0. The van der Waals surface area contributed by atoms with Crippen molar-refractivity contribution in [2.24, 2.45) is 14.1 Å². The van der Waals surface area contributed by atoms with Crippen molar-refractivity contribution in [1.29, 1.82) is 0 Å². The standard InChI is InChI=1S/C10H12N4O5/c1-5(15)19-4-14-7-6(12(2)9(17)11-7)8(16)13(3)10(14)18/h4H2,1-3H3,(H,11,17). The summed E-state index contributed by atoms with van der Waals surface area (Å²) in [4.78, 5) is 48.6. The van der Waals surface area contributed by atoms with E-state index in [2.05, 4.69) is 4.98 Å². The molecule has 0 atom stereocenters. The fraction of sp³-hybridized carbons (Fsp3) is 0.400. The Morgan fingerprint density at radius 1 is 1.21 bits per heavy atom. The average Bonchev–Trinajstić information content (AvgIpc) is 2.63. The lowest BCUT2D eigenvalue weighted by atomic mass is 10.5. The van der Waals surface area contributed by atoms with Gasteiger partial charge in [0.1, 0.15) is 0 Å². The van der Waals surface area contributed by atoms with Crippen molar-refractivity contribution in [3.8, 4) is 0 Å². The lowest BCUT2D eigenvalue weighted by Crippen LogP contribution is -2.39. The van der Waals surface area contributed by atoms with Gasteiger partial charge >= 0.3 is 17.3 Å². The van der Waals surface area contributed by atoms with Crippen LogP contribution in [0.25, 0.3) is 11.2 Å². The molecule has 0 spiro atoms.